The molecule has 0 radical (unpaired) electrons. The van der Waals surface area contributed by atoms with E-state index in [1.54, 1.807) is 24.3 Å². The first-order chi connectivity index (χ1) is 15.1. The molecule has 1 heterocycles. The Kier molecular flexibility index (Phi) is 6.34. The Hall–Kier alpha value is -3.57. The number of hydrogen-bond acceptors (Lipinski definition) is 2. The van der Waals surface area contributed by atoms with Gasteiger partial charge in [0, 0.05) is 39.9 Å². The van der Waals surface area contributed by atoms with Crippen LogP contribution in [0.3, 0.4) is 0 Å². The summed E-state index contributed by atoms with van der Waals surface area (Å²) in [6.07, 6.45) is 2.76. The highest BCUT2D eigenvalue weighted by molar-refractivity contribution is 6.30. The number of aliphatic imine (C=N–C) groups is 1. The average Bonchev–Trinajstić information content (AvgIpc) is 3.19. The van der Waals surface area contributed by atoms with Crippen LogP contribution in [0.5, 0.6) is 0 Å². The molecule has 0 bridgehead atoms. The molecule has 0 saturated heterocycles. The van der Waals surface area contributed by atoms with Crippen LogP contribution in [-0.2, 0) is 6.42 Å². The zero-order valence-corrected chi connectivity index (χ0v) is 17.9. The Morgan fingerprint density at radius 3 is 2.55 bits per heavy atom. The second kappa shape index (κ2) is 9.49. The Morgan fingerprint density at radius 1 is 1.00 bits per heavy atom. The lowest BCUT2D eigenvalue weighted by atomic mass is 10.1. The number of rotatable bonds is 5. The summed E-state index contributed by atoms with van der Waals surface area (Å²) in [7, 11) is 0. The van der Waals surface area contributed by atoms with Gasteiger partial charge in [-0.3, -0.25) is 15.1 Å². The number of aryl methyl sites for hydroxylation is 1. The number of aromatic nitrogens is 1. The molecule has 1 aromatic heterocycles. The topological polar surface area (TPSA) is 69.3 Å². The van der Waals surface area contributed by atoms with Crippen LogP contribution >= 0.6 is 11.6 Å². The highest BCUT2D eigenvalue weighted by Crippen LogP contribution is 2.18. The molecule has 4 aromatic rings. The van der Waals surface area contributed by atoms with Gasteiger partial charge in [-0.1, -0.05) is 48.0 Å². The predicted octanol–water partition coefficient (Wildman–Crippen LogP) is 5.57. The number of carbonyl (C=O) groups excluding carboxylic acids is 1. The molecular weight excluding hydrogens is 408 g/mol. The number of anilines is 1. The number of amides is 1. The third-order valence-corrected chi connectivity index (χ3v) is 5.31. The normalized spacial score (nSPS) is 11.5. The summed E-state index contributed by atoms with van der Waals surface area (Å²) >= 11 is 5.94. The molecule has 156 valence electrons. The molecule has 4 rings (SSSR count). The first-order valence-electron chi connectivity index (χ1n) is 10.1. The number of nitrogens with one attached hydrogen (secondary N) is 3. The van der Waals surface area contributed by atoms with E-state index in [9.17, 15) is 4.79 Å². The lowest BCUT2D eigenvalue weighted by Crippen LogP contribution is -2.36. The zero-order valence-electron chi connectivity index (χ0n) is 17.2. The van der Waals surface area contributed by atoms with Crippen LogP contribution in [-0.4, -0.2) is 23.4 Å². The monoisotopic (exact) mass is 430 g/mol. The van der Waals surface area contributed by atoms with Crippen LogP contribution in [0, 0.1) is 6.92 Å². The van der Waals surface area contributed by atoms with Crippen molar-refractivity contribution in [3.63, 3.8) is 0 Å². The largest absolute Gasteiger partial charge is 0.361 e. The van der Waals surface area contributed by atoms with Crippen molar-refractivity contribution >= 4 is 40.1 Å². The fourth-order valence-electron chi connectivity index (χ4n) is 3.36. The SMILES string of the molecule is Cc1ccccc1NC(=NCCc1c[nH]c2ccccc12)NC(=O)c1ccc(Cl)cc1. The second-order valence-corrected chi connectivity index (χ2v) is 7.68. The van der Waals surface area contributed by atoms with E-state index in [2.05, 4.69) is 32.7 Å². The molecule has 5 nitrogen and oxygen atoms in total. The number of carbonyl (C=O) groups is 1. The van der Waals surface area contributed by atoms with Gasteiger partial charge < -0.3 is 10.3 Å². The summed E-state index contributed by atoms with van der Waals surface area (Å²) in [6.45, 7) is 2.53. The molecule has 0 unspecified atom stereocenters. The standard InChI is InChI=1S/C25H23ClN4O/c1-17-6-2-4-8-22(17)29-25(30-24(31)18-10-12-20(26)13-11-18)27-15-14-19-16-28-23-9-5-3-7-21(19)23/h2-13,16,28H,14-15H2,1H3,(H2,27,29,30,31). The van der Waals surface area contributed by atoms with Crippen molar-refractivity contribution in [3.8, 4) is 0 Å². The van der Waals surface area contributed by atoms with Gasteiger partial charge in [0.1, 0.15) is 0 Å². The number of nitrogens with zero attached hydrogens (tertiary/aromatic N) is 1. The third kappa shape index (κ3) is 5.13. The smallest absolute Gasteiger partial charge is 0.257 e. The maximum absolute atomic E-state index is 12.7. The Balaban J connectivity index is 1.52. The Morgan fingerprint density at radius 2 is 1.74 bits per heavy atom. The molecule has 3 N–H and O–H groups in total. The van der Waals surface area contributed by atoms with E-state index in [-0.39, 0.29) is 5.91 Å². The number of halogens is 1. The summed E-state index contributed by atoms with van der Waals surface area (Å²) in [5.41, 5.74) is 4.77. The first kappa shape index (κ1) is 20.7. The molecule has 3 aromatic carbocycles. The number of guanidine groups is 1. The van der Waals surface area contributed by atoms with Crippen LogP contribution in [0.15, 0.2) is 84.0 Å². The number of H-pyrrole nitrogens is 1. The van der Waals surface area contributed by atoms with Gasteiger partial charge in [0.15, 0.2) is 0 Å². The average molecular weight is 431 g/mol. The van der Waals surface area contributed by atoms with Crippen molar-refractivity contribution in [1.29, 1.82) is 0 Å². The van der Waals surface area contributed by atoms with Crippen molar-refractivity contribution in [3.05, 3.63) is 101 Å². The van der Waals surface area contributed by atoms with Crippen molar-refractivity contribution in [2.45, 2.75) is 13.3 Å². The van der Waals surface area contributed by atoms with E-state index < -0.39 is 0 Å². The molecular formula is C25H23ClN4O. The van der Waals surface area contributed by atoms with Gasteiger partial charge in [-0.05, 0) is 60.9 Å². The highest BCUT2D eigenvalue weighted by atomic mass is 35.5. The second-order valence-electron chi connectivity index (χ2n) is 7.24. The molecule has 0 fully saturated rings. The summed E-state index contributed by atoms with van der Waals surface area (Å²) in [5, 5.41) is 7.93. The zero-order chi connectivity index (χ0) is 21.6. The van der Waals surface area contributed by atoms with E-state index in [4.69, 9.17) is 11.6 Å². The van der Waals surface area contributed by atoms with E-state index in [0.717, 1.165) is 23.2 Å². The van der Waals surface area contributed by atoms with Gasteiger partial charge in [-0.15, -0.1) is 0 Å². The van der Waals surface area contributed by atoms with Gasteiger partial charge in [0.2, 0.25) is 5.96 Å². The van der Waals surface area contributed by atoms with Crippen LogP contribution in [0.1, 0.15) is 21.5 Å². The lowest BCUT2D eigenvalue weighted by molar-refractivity contribution is 0.0977. The van der Waals surface area contributed by atoms with Crippen LogP contribution in [0.2, 0.25) is 5.02 Å². The molecule has 0 aliphatic heterocycles. The summed E-state index contributed by atoms with van der Waals surface area (Å²) in [6, 6.07) is 22.8. The minimum absolute atomic E-state index is 0.247. The maximum Gasteiger partial charge on any atom is 0.257 e. The van der Waals surface area contributed by atoms with E-state index >= 15 is 0 Å². The Labute approximate surface area is 186 Å². The number of benzene rings is 3. The number of aromatic amines is 1. The minimum atomic E-state index is -0.247. The lowest BCUT2D eigenvalue weighted by Gasteiger charge is -2.13. The van der Waals surface area contributed by atoms with Crippen molar-refractivity contribution in [1.82, 2.24) is 10.3 Å². The van der Waals surface area contributed by atoms with Crippen LogP contribution < -0.4 is 10.6 Å². The van der Waals surface area contributed by atoms with Gasteiger partial charge in [-0.25, -0.2) is 0 Å². The van der Waals surface area contributed by atoms with E-state index in [1.165, 1.54) is 10.9 Å². The molecule has 0 spiro atoms. The fourth-order valence-corrected chi connectivity index (χ4v) is 3.48. The predicted molar refractivity (Wildman–Crippen MR) is 128 cm³/mol. The third-order valence-electron chi connectivity index (χ3n) is 5.06. The van der Waals surface area contributed by atoms with Crippen LogP contribution in [0.4, 0.5) is 5.69 Å². The Bertz CT molecular complexity index is 1230. The number of para-hydroxylation sites is 2. The first-order valence-corrected chi connectivity index (χ1v) is 10.5. The molecule has 0 aliphatic rings. The highest BCUT2D eigenvalue weighted by Gasteiger charge is 2.11. The van der Waals surface area contributed by atoms with Crippen molar-refractivity contribution in [2.75, 3.05) is 11.9 Å². The maximum atomic E-state index is 12.7. The quantitative estimate of drug-likeness (QED) is 0.286. The van der Waals surface area contributed by atoms with E-state index in [0.29, 0.717) is 23.1 Å². The van der Waals surface area contributed by atoms with Crippen LogP contribution in [0.25, 0.3) is 10.9 Å². The number of fused-ring (bicyclic) bond motifs is 1. The molecule has 31 heavy (non-hydrogen) atoms. The minimum Gasteiger partial charge on any atom is -0.361 e. The van der Waals surface area contributed by atoms with Crippen molar-refractivity contribution < 1.29 is 4.79 Å². The molecule has 0 atom stereocenters. The summed E-state index contributed by atoms with van der Waals surface area (Å²) in [5.74, 6) is 0.165. The summed E-state index contributed by atoms with van der Waals surface area (Å²) in [4.78, 5) is 20.7. The molecule has 1 amide bonds. The fraction of sp³-hybridized carbons (Fsp3) is 0.120. The van der Waals surface area contributed by atoms with Gasteiger partial charge in [0.05, 0.1) is 0 Å². The molecule has 6 heteroatoms. The molecule has 0 saturated carbocycles. The summed E-state index contributed by atoms with van der Waals surface area (Å²) < 4.78 is 0. The van der Waals surface area contributed by atoms with Gasteiger partial charge >= 0.3 is 0 Å². The van der Waals surface area contributed by atoms with Gasteiger partial charge in [-0.2, -0.15) is 0 Å². The number of hydrogen-bond donors (Lipinski definition) is 3. The van der Waals surface area contributed by atoms with E-state index in [1.807, 2.05) is 49.5 Å². The van der Waals surface area contributed by atoms with Crippen molar-refractivity contribution in [2.24, 2.45) is 4.99 Å². The van der Waals surface area contributed by atoms with Gasteiger partial charge in [0.25, 0.3) is 5.91 Å². The molecule has 0 aliphatic carbocycles.